The summed E-state index contributed by atoms with van der Waals surface area (Å²) in [6.07, 6.45) is 87.2. The van der Waals surface area contributed by atoms with Gasteiger partial charge in [-0.05, 0) is 51.4 Å². The molecule has 0 aliphatic carbocycles. The highest BCUT2D eigenvalue weighted by molar-refractivity contribution is 5.76. The molecule has 0 bridgehead atoms. The number of hydrogen-bond acceptors (Lipinski definition) is 5. The van der Waals surface area contributed by atoms with Crippen LogP contribution in [0.3, 0.4) is 0 Å². The number of esters is 1. The third-order valence-electron chi connectivity index (χ3n) is 17.6. The number of amides is 1. The van der Waals surface area contributed by atoms with E-state index in [4.69, 9.17) is 4.74 Å². The first-order chi connectivity index (χ1) is 39.5. The molecular formula is C74H145NO5. The molecule has 0 radical (unpaired) electrons. The Labute approximate surface area is 501 Å². The first-order valence-corrected chi connectivity index (χ1v) is 36.9. The largest absolute Gasteiger partial charge is 0.466 e. The summed E-state index contributed by atoms with van der Waals surface area (Å²) in [6.45, 7) is 4.99. The second kappa shape index (κ2) is 70.1. The third-order valence-corrected chi connectivity index (χ3v) is 17.6. The van der Waals surface area contributed by atoms with Crippen LogP contribution in [-0.4, -0.2) is 47.4 Å². The van der Waals surface area contributed by atoms with Crippen molar-refractivity contribution in [3.8, 4) is 0 Å². The minimum absolute atomic E-state index is 0.0241. The molecule has 0 saturated carbocycles. The Bertz CT molecular complexity index is 1210. The maximum atomic E-state index is 12.5. The number of aliphatic hydroxyl groups is 2. The Morgan fingerprint density at radius 2 is 0.588 bits per heavy atom. The molecule has 0 aromatic heterocycles. The number of carbonyl (C=O) groups excluding carboxylic acids is 2. The summed E-state index contributed by atoms with van der Waals surface area (Å²) in [5.41, 5.74) is 0. The van der Waals surface area contributed by atoms with Crippen molar-refractivity contribution in [1.82, 2.24) is 5.32 Å². The molecule has 6 heteroatoms. The summed E-state index contributed by atoms with van der Waals surface area (Å²) >= 11 is 0. The molecule has 0 aliphatic rings. The zero-order valence-electron chi connectivity index (χ0n) is 54.6. The van der Waals surface area contributed by atoms with E-state index in [0.29, 0.717) is 25.9 Å². The molecule has 6 nitrogen and oxygen atoms in total. The Kier molecular flexibility index (Phi) is 68.9. The Morgan fingerprint density at radius 1 is 0.338 bits per heavy atom. The van der Waals surface area contributed by atoms with E-state index >= 15 is 0 Å². The number of aliphatic hydroxyl groups excluding tert-OH is 2. The van der Waals surface area contributed by atoms with Gasteiger partial charge in [0, 0.05) is 12.8 Å². The summed E-state index contributed by atoms with van der Waals surface area (Å²) in [5.74, 6) is -0.00469. The fourth-order valence-corrected chi connectivity index (χ4v) is 11.9. The summed E-state index contributed by atoms with van der Waals surface area (Å²) in [4.78, 5) is 24.6. The summed E-state index contributed by atoms with van der Waals surface area (Å²) in [6, 6.07) is -0.537. The SMILES string of the molecule is CCCCCCCCCCCCCCCCCC(=O)OCCCCCCCCCCCCCCCC/C=C\CCCCCCCCCCCCCCCCCCCC(=O)NC(CO)C(O)CCCCCCCCCCCCCCC. The lowest BCUT2D eigenvalue weighted by Gasteiger charge is -2.22. The molecule has 476 valence electrons. The molecule has 0 fully saturated rings. The predicted octanol–water partition coefficient (Wildman–Crippen LogP) is 23.9. The van der Waals surface area contributed by atoms with Crippen molar-refractivity contribution >= 4 is 11.9 Å². The normalized spacial score (nSPS) is 12.5. The number of ether oxygens (including phenoxy) is 1. The standard InChI is InChI=1S/C74H145NO5/c1-3-5-7-9-11-13-15-17-39-44-48-52-56-60-64-68-74(79)80-69-65-61-57-53-49-45-41-38-36-34-32-30-28-26-24-22-20-18-19-21-23-25-27-29-31-33-35-37-40-43-47-51-55-59-63-67-73(78)75-71(70-76)72(77)66-62-58-54-50-46-42-16-14-12-10-8-6-4-2/h20,22,71-72,76-77H,3-19,21,23-70H2,1-2H3,(H,75,78)/b22-20-. The van der Waals surface area contributed by atoms with Gasteiger partial charge in [0.2, 0.25) is 5.91 Å². The summed E-state index contributed by atoms with van der Waals surface area (Å²) in [7, 11) is 0. The highest BCUT2D eigenvalue weighted by Gasteiger charge is 2.20. The molecule has 0 saturated heterocycles. The minimum Gasteiger partial charge on any atom is -0.466 e. The van der Waals surface area contributed by atoms with Gasteiger partial charge in [0.15, 0.2) is 0 Å². The van der Waals surface area contributed by atoms with Crippen molar-refractivity contribution in [2.45, 2.75) is 437 Å². The minimum atomic E-state index is -0.660. The van der Waals surface area contributed by atoms with Crippen LogP contribution in [0.2, 0.25) is 0 Å². The zero-order valence-corrected chi connectivity index (χ0v) is 54.6. The van der Waals surface area contributed by atoms with Crippen LogP contribution in [0.1, 0.15) is 425 Å². The zero-order chi connectivity index (χ0) is 57.8. The van der Waals surface area contributed by atoms with Crippen molar-refractivity contribution in [3.05, 3.63) is 12.2 Å². The van der Waals surface area contributed by atoms with Crippen LogP contribution in [0, 0.1) is 0 Å². The van der Waals surface area contributed by atoms with E-state index in [1.165, 1.54) is 353 Å². The lowest BCUT2D eigenvalue weighted by atomic mass is 10.0. The predicted molar refractivity (Wildman–Crippen MR) is 352 cm³/mol. The second-order valence-electron chi connectivity index (χ2n) is 25.6. The number of hydrogen-bond donors (Lipinski definition) is 3. The average Bonchev–Trinajstić information content (AvgIpc) is 3.46. The number of rotatable bonds is 70. The van der Waals surface area contributed by atoms with Gasteiger partial charge in [-0.25, -0.2) is 0 Å². The van der Waals surface area contributed by atoms with Gasteiger partial charge in [-0.3, -0.25) is 9.59 Å². The lowest BCUT2D eigenvalue weighted by Crippen LogP contribution is -2.45. The molecule has 2 atom stereocenters. The quantitative estimate of drug-likeness (QED) is 0.0320. The van der Waals surface area contributed by atoms with Crippen molar-refractivity contribution < 1.29 is 24.5 Å². The smallest absolute Gasteiger partial charge is 0.305 e. The van der Waals surface area contributed by atoms with Gasteiger partial charge in [0.25, 0.3) is 0 Å². The molecule has 0 spiro atoms. The van der Waals surface area contributed by atoms with Gasteiger partial charge in [0.05, 0.1) is 25.4 Å². The number of unbranched alkanes of at least 4 members (excludes halogenated alkanes) is 57. The highest BCUT2D eigenvalue weighted by Crippen LogP contribution is 2.19. The van der Waals surface area contributed by atoms with Gasteiger partial charge in [0.1, 0.15) is 0 Å². The third kappa shape index (κ3) is 65.7. The average molecular weight is 1130 g/mol. The number of allylic oxidation sites excluding steroid dienone is 2. The maximum Gasteiger partial charge on any atom is 0.305 e. The van der Waals surface area contributed by atoms with Crippen LogP contribution in [-0.2, 0) is 14.3 Å². The van der Waals surface area contributed by atoms with Gasteiger partial charge in [-0.1, -0.05) is 373 Å². The Balaban J connectivity index is 3.31. The Morgan fingerprint density at radius 3 is 0.887 bits per heavy atom. The second-order valence-corrected chi connectivity index (χ2v) is 25.6. The van der Waals surface area contributed by atoms with Crippen molar-refractivity contribution in [3.63, 3.8) is 0 Å². The van der Waals surface area contributed by atoms with Crippen LogP contribution >= 0.6 is 0 Å². The molecule has 0 heterocycles. The van der Waals surface area contributed by atoms with E-state index < -0.39 is 12.1 Å². The van der Waals surface area contributed by atoms with Gasteiger partial charge < -0.3 is 20.3 Å². The maximum absolute atomic E-state index is 12.5. The highest BCUT2D eigenvalue weighted by atomic mass is 16.5. The number of nitrogens with one attached hydrogen (secondary N) is 1. The van der Waals surface area contributed by atoms with Crippen molar-refractivity contribution in [2.75, 3.05) is 13.2 Å². The van der Waals surface area contributed by atoms with E-state index in [9.17, 15) is 19.8 Å². The van der Waals surface area contributed by atoms with E-state index in [-0.39, 0.29) is 18.5 Å². The van der Waals surface area contributed by atoms with Crippen LogP contribution in [0.4, 0.5) is 0 Å². The summed E-state index contributed by atoms with van der Waals surface area (Å²) < 4.78 is 5.50. The van der Waals surface area contributed by atoms with Crippen LogP contribution < -0.4 is 5.32 Å². The molecule has 1 amide bonds. The number of carbonyl (C=O) groups is 2. The van der Waals surface area contributed by atoms with Crippen LogP contribution in [0.5, 0.6) is 0 Å². The van der Waals surface area contributed by atoms with E-state index in [0.717, 1.165) is 38.5 Å². The fourth-order valence-electron chi connectivity index (χ4n) is 11.9. The first-order valence-electron chi connectivity index (χ1n) is 36.9. The van der Waals surface area contributed by atoms with Crippen molar-refractivity contribution in [2.24, 2.45) is 0 Å². The molecular weight excluding hydrogens is 983 g/mol. The van der Waals surface area contributed by atoms with E-state index in [1.807, 2.05) is 0 Å². The van der Waals surface area contributed by atoms with Gasteiger partial charge in [-0.2, -0.15) is 0 Å². The van der Waals surface area contributed by atoms with Gasteiger partial charge >= 0.3 is 5.97 Å². The summed E-state index contributed by atoms with van der Waals surface area (Å²) in [5, 5.41) is 23.3. The van der Waals surface area contributed by atoms with Crippen LogP contribution in [0.15, 0.2) is 12.2 Å². The lowest BCUT2D eigenvalue weighted by molar-refractivity contribution is -0.143. The van der Waals surface area contributed by atoms with E-state index in [2.05, 4.69) is 31.3 Å². The molecule has 0 aromatic carbocycles. The van der Waals surface area contributed by atoms with Crippen LogP contribution in [0.25, 0.3) is 0 Å². The van der Waals surface area contributed by atoms with Gasteiger partial charge in [-0.15, -0.1) is 0 Å². The molecule has 3 N–H and O–H groups in total. The van der Waals surface area contributed by atoms with E-state index in [1.54, 1.807) is 0 Å². The molecule has 0 aromatic rings. The first kappa shape index (κ1) is 78.6. The Hall–Kier alpha value is -1.40. The molecule has 80 heavy (non-hydrogen) atoms. The topological polar surface area (TPSA) is 95.9 Å². The molecule has 2 unspecified atom stereocenters. The fraction of sp³-hybridized carbons (Fsp3) is 0.946. The van der Waals surface area contributed by atoms with Crippen molar-refractivity contribution in [1.29, 1.82) is 0 Å². The molecule has 0 aliphatic heterocycles. The molecule has 0 rings (SSSR count). The monoisotopic (exact) mass is 1130 g/mol.